The Morgan fingerprint density at radius 2 is 1.89 bits per heavy atom. The van der Waals surface area contributed by atoms with Gasteiger partial charge in [0, 0.05) is 24.3 Å². The number of ether oxygens (including phenoxy) is 1. The van der Waals surface area contributed by atoms with Crippen molar-refractivity contribution < 1.29 is 29.3 Å². The molecule has 1 unspecified atom stereocenters. The van der Waals surface area contributed by atoms with Gasteiger partial charge in [0.2, 0.25) is 11.8 Å². The number of amides is 2. The minimum atomic E-state index is -1.30. The zero-order valence-electron chi connectivity index (χ0n) is 14.5. The van der Waals surface area contributed by atoms with Crippen LogP contribution in [0.25, 0.3) is 0 Å². The number of methoxy groups -OCH3 is 1. The fourth-order valence-electron chi connectivity index (χ4n) is 2.92. The Kier molecular flexibility index (Phi) is 4.98. The summed E-state index contributed by atoms with van der Waals surface area (Å²) in [6, 6.07) is 10.7. The van der Waals surface area contributed by atoms with Gasteiger partial charge in [0.1, 0.15) is 17.1 Å². The summed E-state index contributed by atoms with van der Waals surface area (Å²) >= 11 is 0. The third kappa shape index (κ3) is 3.84. The van der Waals surface area contributed by atoms with Gasteiger partial charge in [0.15, 0.2) is 0 Å². The van der Waals surface area contributed by atoms with Gasteiger partial charge in [0.05, 0.1) is 13.0 Å². The fourth-order valence-corrected chi connectivity index (χ4v) is 2.92. The number of anilines is 2. The minimum absolute atomic E-state index is 0.0573. The Morgan fingerprint density at radius 1 is 1.19 bits per heavy atom. The first-order chi connectivity index (χ1) is 12.9. The van der Waals surface area contributed by atoms with Gasteiger partial charge < -0.3 is 25.2 Å². The number of carboxylic acid groups (broad SMARTS) is 1. The van der Waals surface area contributed by atoms with Crippen LogP contribution in [0, 0.1) is 5.92 Å². The van der Waals surface area contributed by atoms with E-state index < -0.39 is 11.9 Å². The Bertz CT molecular complexity index is 894. The Labute approximate surface area is 155 Å². The van der Waals surface area contributed by atoms with Crippen molar-refractivity contribution >= 4 is 29.2 Å². The third-order valence-corrected chi connectivity index (χ3v) is 4.37. The van der Waals surface area contributed by atoms with Crippen molar-refractivity contribution in [3.63, 3.8) is 0 Å². The highest BCUT2D eigenvalue weighted by molar-refractivity contribution is 6.04. The number of rotatable bonds is 5. The predicted octanol–water partition coefficient (Wildman–Crippen LogP) is 2.09. The van der Waals surface area contributed by atoms with E-state index in [1.807, 2.05) is 0 Å². The number of carbonyl (C=O) groups is 3. The molecule has 3 rings (SSSR count). The molecular formula is C19H18N2O6. The quantitative estimate of drug-likeness (QED) is 0.694. The number of hydrogen-bond acceptors (Lipinski definition) is 5. The van der Waals surface area contributed by atoms with Crippen LogP contribution in [0.4, 0.5) is 11.4 Å². The summed E-state index contributed by atoms with van der Waals surface area (Å²) in [5.74, 6) is -2.14. The number of aromatic carboxylic acids is 1. The summed E-state index contributed by atoms with van der Waals surface area (Å²) in [6.07, 6.45) is 0.0573. The molecule has 1 aliphatic rings. The molecule has 0 saturated carbocycles. The van der Waals surface area contributed by atoms with Crippen LogP contribution in [0.2, 0.25) is 0 Å². The second-order valence-electron chi connectivity index (χ2n) is 6.13. The third-order valence-electron chi connectivity index (χ3n) is 4.37. The van der Waals surface area contributed by atoms with Crippen molar-refractivity contribution in [2.24, 2.45) is 5.92 Å². The molecule has 8 heteroatoms. The van der Waals surface area contributed by atoms with Crippen molar-refractivity contribution in [1.29, 1.82) is 0 Å². The molecule has 140 valence electrons. The van der Waals surface area contributed by atoms with E-state index in [4.69, 9.17) is 9.84 Å². The van der Waals surface area contributed by atoms with Crippen molar-refractivity contribution in [3.05, 3.63) is 48.0 Å². The van der Waals surface area contributed by atoms with Crippen molar-refractivity contribution in [1.82, 2.24) is 0 Å². The molecular weight excluding hydrogens is 352 g/mol. The second-order valence-corrected chi connectivity index (χ2v) is 6.13. The normalized spacial score (nSPS) is 16.3. The predicted molar refractivity (Wildman–Crippen MR) is 97.1 cm³/mol. The Hall–Kier alpha value is -3.55. The van der Waals surface area contributed by atoms with Crippen LogP contribution in [0.15, 0.2) is 42.5 Å². The smallest absolute Gasteiger partial charge is 0.339 e. The van der Waals surface area contributed by atoms with Crippen molar-refractivity contribution in [3.8, 4) is 11.5 Å². The lowest BCUT2D eigenvalue weighted by atomic mass is 10.1. The maximum Gasteiger partial charge on any atom is 0.339 e. The highest BCUT2D eigenvalue weighted by atomic mass is 16.5. The van der Waals surface area contributed by atoms with Gasteiger partial charge in [-0.15, -0.1) is 0 Å². The van der Waals surface area contributed by atoms with Crippen LogP contribution in [0.1, 0.15) is 16.8 Å². The van der Waals surface area contributed by atoms with E-state index in [9.17, 15) is 19.5 Å². The topological polar surface area (TPSA) is 116 Å². The van der Waals surface area contributed by atoms with Crippen LogP contribution in [-0.4, -0.2) is 41.7 Å². The lowest BCUT2D eigenvalue weighted by Crippen LogP contribution is -2.28. The Morgan fingerprint density at radius 3 is 2.52 bits per heavy atom. The molecule has 0 bridgehead atoms. The summed E-state index contributed by atoms with van der Waals surface area (Å²) in [6.45, 7) is 0.223. The lowest BCUT2D eigenvalue weighted by Gasteiger charge is -2.17. The van der Waals surface area contributed by atoms with Gasteiger partial charge in [-0.25, -0.2) is 4.79 Å². The molecule has 1 atom stereocenters. The molecule has 2 amide bonds. The molecule has 1 heterocycles. The lowest BCUT2D eigenvalue weighted by molar-refractivity contribution is -0.122. The van der Waals surface area contributed by atoms with Crippen molar-refractivity contribution in [2.45, 2.75) is 6.42 Å². The maximum atomic E-state index is 12.5. The molecule has 0 radical (unpaired) electrons. The van der Waals surface area contributed by atoms with E-state index in [2.05, 4.69) is 5.32 Å². The number of phenols is 1. The number of carbonyl (C=O) groups excluding carboxylic acids is 2. The first kappa shape index (κ1) is 18.2. The van der Waals surface area contributed by atoms with Crippen LogP contribution in [0.3, 0.4) is 0 Å². The summed E-state index contributed by atoms with van der Waals surface area (Å²) in [7, 11) is 1.55. The zero-order chi connectivity index (χ0) is 19.6. The standard InChI is InChI=1S/C19H18N2O6/c1-27-14-5-3-13(4-6-14)21-10-11(8-17(21)23)18(24)20-12-2-7-16(22)15(9-12)19(25)26/h2-7,9,11,22H,8,10H2,1H3,(H,20,24)(H,25,26). The van der Waals surface area contributed by atoms with Gasteiger partial charge in [0.25, 0.3) is 0 Å². The molecule has 3 N–H and O–H groups in total. The summed E-state index contributed by atoms with van der Waals surface area (Å²) < 4.78 is 5.09. The Balaban J connectivity index is 1.70. The molecule has 27 heavy (non-hydrogen) atoms. The highest BCUT2D eigenvalue weighted by Gasteiger charge is 2.35. The number of hydrogen-bond donors (Lipinski definition) is 3. The average molecular weight is 370 g/mol. The van der Waals surface area contributed by atoms with E-state index in [1.54, 1.807) is 31.4 Å². The van der Waals surface area contributed by atoms with Gasteiger partial charge in [-0.05, 0) is 42.5 Å². The molecule has 2 aromatic carbocycles. The molecule has 0 aliphatic carbocycles. The fraction of sp³-hybridized carbons (Fsp3) is 0.211. The van der Waals surface area contributed by atoms with Crippen molar-refractivity contribution in [2.75, 3.05) is 23.9 Å². The highest BCUT2D eigenvalue weighted by Crippen LogP contribution is 2.28. The number of benzene rings is 2. The van der Waals surface area contributed by atoms with E-state index in [1.165, 1.54) is 23.1 Å². The summed E-state index contributed by atoms with van der Waals surface area (Å²) in [5.41, 5.74) is 0.606. The SMILES string of the molecule is COc1ccc(N2CC(C(=O)Nc3ccc(O)c(C(=O)O)c3)CC2=O)cc1. The molecule has 1 fully saturated rings. The first-order valence-electron chi connectivity index (χ1n) is 8.20. The van der Waals surface area contributed by atoms with E-state index in [0.29, 0.717) is 11.4 Å². The summed E-state index contributed by atoms with van der Waals surface area (Å²) in [4.78, 5) is 37.4. The largest absolute Gasteiger partial charge is 0.507 e. The van der Waals surface area contributed by atoms with Crippen LogP contribution >= 0.6 is 0 Å². The number of nitrogens with one attached hydrogen (secondary N) is 1. The zero-order valence-corrected chi connectivity index (χ0v) is 14.5. The molecule has 1 saturated heterocycles. The molecule has 8 nitrogen and oxygen atoms in total. The van der Waals surface area contributed by atoms with Gasteiger partial charge in [-0.2, -0.15) is 0 Å². The maximum absolute atomic E-state index is 12.5. The number of aromatic hydroxyl groups is 1. The molecule has 2 aromatic rings. The number of nitrogens with zero attached hydrogens (tertiary/aromatic N) is 1. The van der Waals surface area contributed by atoms with Crippen LogP contribution in [-0.2, 0) is 9.59 Å². The van der Waals surface area contributed by atoms with E-state index in [-0.39, 0.29) is 41.8 Å². The molecule has 1 aliphatic heterocycles. The first-order valence-corrected chi connectivity index (χ1v) is 8.20. The van der Waals surface area contributed by atoms with Crippen LogP contribution in [0.5, 0.6) is 11.5 Å². The minimum Gasteiger partial charge on any atom is -0.507 e. The second kappa shape index (κ2) is 7.36. The van der Waals surface area contributed by atoms with Gasteiger partial charge >= 0.3 is 5.97 Å². The monoisotopic (exact) mass is 370 g/mol. The summed E-state index contributed by atoms with van der Waals surface area (Å²) in [5, 5.41) is 21.2. The average Bonchev–Trinajstić information content (AvgIpc) is 3.05. The molecule has 0 spiro atoms. The van der Waals surface area contributed by atoms with E-state index in [0.717, 1.165) is 0 Å². The van der Waals surface area contributed by atoms with Gasteiger partial charge in [-0.3, -0.25) is 9.59 Å². The van der Waals surface area contributed by atoms with E-state index >= 15 is 0 Å². The van der Waals surface area contributed by atoms with Crippen LogP contribution < -0.4 is 15.0 Å². The number of carboxylic acids is 1. The van der Waals surface area contributed by atoms with Gasteiger partial charge in [-0.1, -0.05) is 0 Å². The molecule has 0 aromatic heterocycles.